The Morgan fingerprint density at radius 2 is 1.49 bits per heavy atom. The third-order valence-corrected chi connectivity index (χ3v) is 8.70. The molecule has 4 atom stereocenters. The predicted molar refractivity (Wildman–Crippen MR) is 137 cm³/mol. The number of nitrogens with zero attached hydrogens (tertiary/aromatic N) is 2. The fraction of sp³-hybridized carbons (Fsp3) is 0.500. The van der Waals surface area contributed by atoms with Gasteiger partial charge in [0, 0.05) is 34.2 Å². The highest BCUT2D eigenvalue weighted by Crippen LogP contribution is 2.58. The van der Waals surface area contributed by atoms with Crippen molar-refractivity contribution < 1.29 is 43.1 Å². The van der Waals surface area contributed by atoms with Crippen LogP contribution in [0.2, 0.25) is 0 Å². The monoisotopic (exact) mass is 540 g/mol. The van der Waals surface area contributed by atoms with E-state index < -0.39 is 30.8 Å². The minimum atomic E-state index is -0.984. The van der Waals surface area contributed by atoms with Crippen LogP contribution in [-0.2, 0) is 11.2 Å². The highest BCUT2D eigenvalue weighted by Gasteiger charge is 2.59. The number of Topliss-reactive ketones (excluding diaryl/α,β-unsaturated/α-hetero) is 1. The lowest BCUT2D eigenvalue weighted by Crippen LogP contribution is -2.68. The van der Waals surface area contributed by atoms with E-state index in [2.05, 4.69) is 0 Å². The van der Waals surface area contributed by atoms with E-state index >= 15 is 0 Å². The Morgan fingerprint density at radius 3 is 2.10 bits per heavy atom. The highest BCUT2D eigenvalue weighted by molar-refractivity contribution is 6.10. The van der Waals surface area contributed by atoms with Crippen molar-refractivity contribution in [3.05, 3.63) is 33.4 Å². The zero-order valence-electron chi connectivity index (χ0n) is 23.0. The summed E-state index contributed by atoms with van der Waals surface area (Å²) in [5, 5.41) is 10.8. The van der Waals surface area contributed by atoms with Gasteiger partial charge >= 0.3 is 0 Å². The summed E-state index contributed by atoms with van der Waals surface area (Å²) >= 11 is 0. The number of aliphatic hydroxyl groups excluding tert-OH is 1. The summed E-state index contributed by atoms with van der Waals surface area (Å²) in [6, 6.07) is -3.03. The van der Waals surface area contributed by atoms with Crippen molar-refractivity contribution in [1.82, 2.24) is 9.80 Å². The Kier molecular flexibility index (Phi) is 5.85. The zero-order chi connectivity index (χ0) is 27.9. The number of aliphatic hydroxyl groups is 1. The molecule has 2 aromatic rings. The molecule has 2 aromatic carbocycles. The third kappa shape index (κ3) is 3.05. The Hall–Kier alpha value is -3.70. The molecular weight excluding hydrogens is 508 g/mol. The Balaban J connectivity index is 1.68. The molecule has 0 radical (unpaired) electrons. The Labute approximate surface area is 226 Å². The van der Waals surface area contributed by atoms with Gasteiger partial charge in [-0.25, -0.2) is 0 Å². The second kappa shape index (κ2) is 8.92. The molecule has 1 amide bonds. The SMILES string of the molecule is COc1c(C)c(OC)c(OC)c2c1C[C@H]1C(=O)N3C(C(=O)c4c(OC)c(C)c5c(c4[C@@H]3CO)OCO5)[C@@H]2N1C. The van der Waals surface area contributed by atoms with Gasteiger partial charge in [0.05, 0.1) is 58.7 Å². The second-order valence-corrected chi connectivity index (χ2v) is 10.2. The first kappa shape index (κ1) is 25.6. The van der Waals surface area contributed by atoms with Crippen LogP contribution >= 0.6 is 0 Å². The number of methoxy groups -OCH3 is 4. The second-order valence-electron chi connectivity index (χ2n) is 10.2. The van der Waals surface area contributed by atoms with E-state index in [0.717, 1.165) is 16.7 Å². The molecule has 1 unspecified atom stereocenters. The van der Waals surface area contributed by atoms with Crippen LogP contribution < -0.4 is 28.4 Å². The van der Waals surface area contributed by atoms with Gasteiger partial charge < -0.3 is 38.4 Å². The van der Waals surface area contributed by atoms with Crippen molar-refractivity contribution >= 4 is 11.7 Å². The number of piperazine rings is 1. The van der Waals surface area contributed by atoms with Crippen LogP contribution in [0, 0.1) is 13.8 Å². The third-order valence-electron chi connectivity index (χ3n) is 8.70. The standard InChI is InChI=1S/C28H32N2O9/c1-11-22(34-4)13-8-14-28(33)30-15(9-31)17-18(23(35-5)12(2)25-27(17)39-10-38-25)21(32)20(30)19(29(14)3)16(13)26(37-7)24(11)36-6/h14-15,19-20,31H,8-10H2,1-7H3/t14-,15-,19+,20?/m0/s1. The summed E-state index contributed by atoms with van der Waals surface area (Å²) in [6.07, 6.45) is 0.336. The number of hydrogen-bond acceptors (Lipinski definition) is 10. The van der Waals surface area contributed by atoms with E-state index in [1.165, 1.54) is 12.0 Å². The van der Waals surface area contributed by atoms with Crippen molar-refractivity contribution in [1.29, 1.82) is 0 Å². The molecule has 11 nitrogen and oxygen atoms in total. The van der Waals surface area contributed by atoms with Crippen LogP contribution in [0.1, 0.15) is 50.3 Å². The summed E-state index contributed by atoms with van der Waals surface area (Å²) < 4.78 is 34.8. The van der Waals surface area contributed by atoms with Gasteiger partial charge in [0.2, 0.25) is 12.7 Å². The highest BCUT2D eigenvalue weighted by atomic mass is 16.7. The Morgan fingerprint density at radius 1 is 0.846 bits per heavy atom. The van der Waals surface area contributed by atoms with E-state index in [0.29, 0.717) is 52.0 Å². The predicted octanol–water partition coefficient (Wildman–Crippen LogP) is 2.10. The molecular formula is C28H32N2O9. The Bertz CT molecular complexity index is 1420. The minimum Gasteiger partial charge on any atom is -0.496 e. The number of carbonyl (C=O) groups is 2. The molecule has 1 saturated heterocycles. The summed E-state index contributed by atoms with van der Waals surface area (Å²) in [7, 11) is 8.03. The van der Waals surface area contributed by atoms with Crippen LogP contribution in [-0.4, -0.2) is 87.6 Å². The van der Waals surface area contributed by atoms with Crippen LogP contribution in [0.5, 0.6) is 34.5 Å². The fourth-order valence-electron chi connectivity index (χ4n) is 7.14. The van der Waals surface area contributed by atoms with Gasteiger partial charge in [-0.1, -0.05) is 0 Å². The van der Waals surface area contributed by atoms with Gasteiger partial charge in [0.1, 0.15) is 17.5 Å². The van der Waals surface area contributed by atoms with Gasteiger partial charge in [-0.2, -0.15) is 0 Å². The summed E-state index contributed by atoms with van der Waals surface area (Å²) in [4.78, 5) is 32.3. The molecule has 4 aliphatic heterocycles. The molecule has 0 saturated carbocycles. The van der Waals surface area contributed by atoms with E-state index in [9.17, 15) is 14.7 Å². The molecule has 4 aliphatic rings. The average molecular weight is 541 g/mol. The van der Waals surface area contributed by atoms with Crippen molar-refractivity contribution in [3.8, 4) is 34.5 Å². The zero-order valence-corrected chi connectivity index (χ0v) is 23.0. The van der Waals surface area contributed by atoms with Crippen LogP contribution in [0.3, 0.4) is 0 Å². The van der Waals surface area contributed by atoms with E-state index in [-0.39, 0.29) is 24.0 Å². The number of amides is 1. The maximum absolute atomic E-state index is 14.6. The number of benzene rings is 2. The number of carbonyl (C=O) groups excluding carboxylic acids is 2. The molecule has 0 aliphatic carbocycles. The van der Waals surface area contributed by atoms with Crippen molar-refractivity contribution in [2.45, 2.75) is 44.4 Å². The molecule has 6 rings (SSSR count). The van der Waals surface area contributed by atoms with Crippen LogP contribution in [0.25, 0.3) is 0 Å². The number of ketones is 1. The van der Waals surface area contributed by atoms with E-state index in [4.69, 9.17) is 28.4 Å². The first-order chi connectivity index (χ1) is 18.8. The summed E-state index contributed by atoms with van der Waals surface area (Å²) in [5.74, 6) is 2.18. The molecule has 1 N–H and O–H groups in total. The lowest BCUT2D eigenvalue weighted by atomic mass is 9.73. The van der Waals surface area contributed by atoms with Crippen LogP contribution in [0.15, 0.2) is 0 Å². The van der Waals surface area contributed by atoms with Gasteiger partial charge in [0.15, 0.2) is 28.8 Å². The fourth-order valence-corrected chi connectivity index (χ4v) is 7.14. The smallest absolute Gasteiger partial charge is 0.241 e. The molecule has 39 heavy (non-hydrogen) atoms. The number of ether oxygens (including phenoxy) is 6. The normalized spacial score (nSPS) is 24.7. The molecule has 1 fully saturated rings. The molecule has 208 valence electrons. The largest absolute Gasteiger partial charge is 0.496 e. The maximum Gasteiger partial charge on any atom is 0.241 e. The molecule has 11 heteroatoms. The summed E-state index contributed by atoms with van der Waals surface area (Å²) in [5.41, 5.74) is 3.61. The van der Waals surface area contributed by atoms with Crippen molar-refractivity contribution in [3.63, 3.8) is 0 Å². The number of fused-ring (bicyclic) bond motifs is 9. The van der Waals surface area contributed by atoms with E-state index in [1.807, 2.05) is 18.9 Å². The average Bonchev–Trinajstić information content (AvgIpc) is 3.42. The molecule has 4 heterocycles. The lowest BCUT2D eigenvalue weighted by molar-refractivity contribution is -0.155. The number of rotatable bonds is 5. The minimum absolute atomic E-state index is 0.0308. The molecule has 0 spiro atoms. The van der Waals surface area contributed by atoms with Gasteiger partial charge in [-0.3, -0.25) is 14.5 Å². The first-order valence-corrected chi connectivity index (χ1v) is 12.8. The van der Waals surface area contributed by atoms with Crippen molar-refractivity contribution in [2.75, 3.05) is 48.9 Å². The lowest BCUT2D eigenvalue weighted by Gasteiger charge is -2.56. The topological polar surface area (TPSA) is 116 Å². The molecule has 0 aromatic heterocycles. The number of hydrogen-bond donors (Lipinski definition) is 1. The van der Waals surface area contributed by atoms with Gasteiger partial charge in [-0.05, 0) is 20.9 Å². The van der Waals surface area contributed by atoms with Gasteiger partial charge in [0.25, 0.3) is 0 Å². The maximum atomic E-state index is 14.6. The first-order valence-electron chi connectivity index (χ1n) is 12.8. The quantitative estimate of drug-likeness (QED) is 0.605. The van der Waals surface area contributed by atoms with E-state index in [1.54, 1.807) is 28.3 Å². The van der Waals surface area contributed by atoms with Gasteiger partial charge in [-0.15, -0.1) is 0 Å². The van der Waals surface area contributed by atoms with Crippen molar-refractivity contribution in [2.24, 2.45) is 0 Å². The number of likely N-dealkylation sites (N-methyl/N-ethyl adjacent to an activating group) is 1. The molecule has 2 bridgehead atoms. The summed E-state index contributed by atoms with van der Waals surface area (Å²) in [6.45, 7) is 3.23. The van der Waals surface area contributed by atoms with Crippen LogP contribution in [0.4, 0.5) is 0 Å².